The number of hydrogen-bond donors (Lipinski definition) is 1. The standard InChI is InChI=1S/C33H29FN2O4/c34-25-13-15-30-28(17-25)29-18-26(14-16-31(29)36(30)20-32(37)38)35(33(39)40-21-22-7-2-1-3-8-22)19-24-11-6-10-23-9-4-5-12-27(23)24/h1-13,15,17,26H,14,16,18-21H2,(H,37,38). The van der Waals surface area contributed by atoms with Crippen LogP contribution < -0.4 is 0 Å². The minimum Gasteiger partial charge on any atom is -0.480 e. The van der Waals surface area contributed by atoms with Crippen molar-refractivity contribution in [3.8, 4) is 0 Å². The Labute approximate surface area is 231 Å². The molecule has 1 atom stereocenters. The second kappa shape index (κ2) is 10.8. The Hall–Kier alpha value is -4.65. The zero-order valence-electron chi connectivity index (χ0n) is 21.9. The van der Waals surface area contributed by atoms with Crippen molar-refractivity contribution in [2.24, 2.45) is 0 Å². The molecule has 0 aliphatic heterocycles. The van der Waals surface area contributed by atoms with Gasteiger partial charge in [0.05, 0.1) is 0 Å². The van der Waals surface area contributed by atoms with Crippen LogP contribution in [0.25, 0.3) is 21.7 Å². The van der Waals surface area contributed by atoms with Gasteiger partial charge in [-0.25, -0.2) is 9.18 Å². The van der Waals surface area contributed by atoms with E-state index in [0.29, 0.717) is 36.7 Å². The summed E-state index contributed by atoms with van der Waals surface area (Å²) < 4.78 is 21.9. The third kappa shape index (κ3) is 5.02. The lowest BCUT2D eigenvalue weighted by Gasteiger charge is -2.34. The molecular formula is C33H29FN2O4. The first-order chi connectivity index (χ1) is 19.5. The van der Waals surface area contributed by atoms with Crippen LogP contribution in [0.5, 0.6) is 0 Å². The molecule has 1 aromatic heterocycles. The smallest absolute Gasteiger partial charge is 0.410 e. The Morgan fingerprint density at radius 2 is 1.73 bits per heavy atom. The summed E-state index contributed by atoms with van der Waals surface area (Å²) >= 11 is 0. The fourth-order valence-corrected chi connectivity index (χ4v) is 5.94. The lowest BCUT2D eigenvalue weighted by molar-refractivity contribution is -0.137. The first-order valence-electron chi connectivity index (χ1n) is 13.4. The van der Waals surface area contributed by atoms with Crippen molar-refractivity contribution < 1.29 is 23.8 Å². The van der Waals surface area contributed by atoms with Crippen LogP contribution in [-0.2, 0) is 42.1 Å². The number of ether oxygens (including phenoxy) is 1. The summed E-state index contributed by atoms with van der Waals surface area (Å²) in [5.74, 6) is -1.33. The summed E-state index contributed by atoms with van der Waals surface area (Å²) in [4.78, 5) is 27.1. The highest BCUT2D eigenvalue weighted by molar-refractivity contribution is 5.88. The maximum absolute atomic E-state index is 14.3. The van der Waals surface area contributed by atoms with Gasteiger partial charge in [-0.3, -0.25) is 4.79 Å². The van der Waals surface area contributed by atoms with Crippen molar-refractivity contribution in [3.63, 3.8) is 0 Å². The van der Waals surface area contributed by atoms with Crippen LogP contribution in [0, 0.1) is 5.82 Å². The summed E-state index contributed by atoms with van der Waals surface area (Å²) in [6.07, 6.45) is 1.27. The molecule has 0 fully saturated rings. The highest BCUT2D eigenvalue weighted by atomic mass is 19.1. The molecule has 1 amide bonds. The SMILES string of the molecule is O=C(O)Cn1c2c(c3cc(F)ccc31)CC(N(Cc1cccc3ccccc13)C(=O)OCc1ccccc1)CC2. The highest BCUT2D eigenvalue weighted by Crippen LogP contribution is 2.35. The van der Waals surface area contributed by atoms with Crippen LogP contribution in [-0.4, -0.2) is 32.7 Å². The first-order valence-corrected chi connectivity index (χ1v) is 13.4. The van der Waals surface area contributed by atoms with E-state index in [-0.39, 0.29) is 25.0 Å². The number of halogens is 1. The molecule has 0 radical (unpaired) electrons. The molecule has 1 N–H and O–H groups in total. The number of aliphatic carboxylic acids is 1. The molecule has 202 valence electrons. The van der Waals surface area contributed by atoms with E-state index in [2.05, 4.69) is 18.2 Å². The van der Waals surface area contributed by atoms with E-state index in [1.54, 1.807) is 15.5 Å². The van der Waals surface area contributed by atoms with E-state index in [9.17, 15) is 19.1 Å². The van der Waals surface area contributed by atoms with Gasteiger partial charge in [0.1, 0.15) is 19.0 Å². The number of aromatic nitrogens is 1. The van der Waals surface area contributed by atoms with E-state index in [0.717, 1.165) is 33.2 Å². The summed E-state index contributed by atoms with van der Waals surface area (Å²) in [5, 5.41) is 12.4. The number of hydrogen-bond acceptors (Lipinski definition) is 3. The largest absolute Gasteiger partial charge is 0.480 e. The summed E-state index contributed by atoms with van der Waals surface area (Å²) in [6.45, 7) is 0.324. The fraction of sp³-hybridized carbons (Fsp3) is 0.212. The third-order valence-corrected chi connectivity index (χ3v) is 7.80. The number of fused-ring (bicyclic) bond motifs is 4. The predicted octanol–water partition coefficient (Wildman–Crippen LogP) is 6.71. The van der Waals surface area contributed by atoms with Gasteiger partial charge in [-0.05, 0) is 64.9 Å². The maximum atomic E-state index is 14.3. The lowest BCUT2D eigenvalue weighted by atomic mass is 9.90. The van der Waals surface area contributed by atoms with Gasteiger partial charge in [0.2, 0.25) is 0 Å². The van der Waals surface area contributed by atoms with Crippen molar-refractivity contribution in [1.29, 1.82) is 0 Å². The van der Waals surface area contributed by atoms with Gasteiger partial charge in [0.25, 0.3) is 0 Å². The van der Waals surface area contributed by atoms with Crippen molar-refractivity contribution in [2.45, 2.75) is 45.0 Å². The fourth-order valence-electron chi connectivity index (χ4n) is 5.94. The summed E-state index contributed by atoms with van der Waals surface area (Å²) in [7, 11) is 0. The van der Waals surface area contributed by atoms with Crippen molar-refractivity contribution in [1.82, 2.24) is 9.47 Å². The Balaban J connectivity index is 1.36. The molecule has 5 aromatic rings. The summed E-state index contributed by atoms with van der Waals surface area (Å²) in [6, 6.07) is 28.0. The van der Waals surface area contributed by atoms with Gasteiger partial charge in [0.15, 0.2) is 0 Å². The molecule has 0 spiro atoms. The number of nitrogens with zero attached hydrogens (tertiary/aromatic N) is 2. The number of carboxylic acids is 1. The average molecular weight is 537 g/mol. The van der Waals surface area contributed by atoms with Crippen LogP contribution in [0.4, 0.5) is 9.18 Å². The van der Waals surface area contributed by atoms with Crippen molar-refractivity contribution in [3.05, 3.63) is 119 Å². The molecule has 7 heteroatoms. The zero-order chi connectivity index (χ0) is 27.6. The first kappa shape index (κ1) is 25.6. The minimum atomic E-state index is -0.951. The third-order valence-electron chi connectivity index (χ3n) is 7.80. The number of benzene rings is 4. The van der Waals surface area contributed by atoms with Gasteiger partial charge < -0.3 is 19.3 Å². The van der Waals surface area contributed by atoms with Crippen LogP contribution in [0.3, 0.4) is 0 Å². The molecule has 1 heterocycles. The van der Waals surface area contributed by atoms with Crippen LogP contribution in [0.1, 0.15) is 28.8 Å². The van der Waals surface area contributed by atoms with Crippen molar-refractivity contribution >= 4 is 33.7 Å². The Morgan fingerprint density at radius 3 is 2.55 bits per heavy atom. The van der Waals surface area contributed by atoms with Gasteiger partial charge in [-0.1, -0.05) is 72.8 Å². The second-order valence-electron chi connectivity index (χ2n) is 10.3. The van der Waals surface area contributed by atoms with Gasteiger partial charge >= 0.3 is 12.1 Å². The highest BCUT2D eigenvalue weighted by Gasteiger charge is 2.33. The molecule has 40 heavy (non-hydrogen) atoms. The monoisotopic (exact) mass is 536 g/mol. The van der Waals surface area contributed by atoms with E-state index >= 15 is 0 Å². The van der Waals surface area contributed by atoms with E-state index < -0.39 is 12.1 Å². The molecule has 0 bridgehead atoms. The second-order valence-corrected chi connectivity index (χ2v) is 10.3. The summed E-state index contributed by atoms with van der Waals surface area (Å²) in [5.41, 5.74) is 4.40. The molecule has 1 aliphatic rings. The van der Waals surface area contributed by atoms with Crippen molar-refractivity contribution in [2.75, 3.05) is 0 Å². The van der Waals surface area contributed by atoms with E-state index in [1.807, 2.05) is 54.6 Å². The Morgan fingerprint density at radius 1 is 0.950 bits per heavy atom. The maximum Gasteiger partial charge on any atom is 0.410 e. The lowest BCUT2D eigenvalue weighted by Crippen LogP contribution is -2.43. The topological polar surface area (TPSA) is 71.8 Å². The van der Waals surface area contributed by atoms with E-state index in [1.165, 1.54) is 12.1 Å². The predicted molar refractivity (Wildman–Crippen MR) is 151 cm³/mol. The zero-order valence-corrected chi connectivity index (χ0v) is 21.9. The number of rotatable bonds is 7. The molecule has 6 nitrogen and oxygen atoms in total. The molecular weight excluding hydrogens is 507 g/mol. The minimum absolute atomic E-state index is 0.160. The van der Waals surface area contributed by atoms with Crippen LogP contribution >= 0.6 is 0 Å². The molecule has 0 saturated heterocycles. The van der Waals surface area contributed by atoms with Crippen LogP contribution in [0.15, 0.2) is 91.0 Å². The number of carbonyl (C=O) groups is 2. The molecule has 6 rings (SSSR count). The molecule has 4 aromatic carbocycles. The normalized spacial score (nSPS) is 14.7. The van der Waals surface area contributed by atoms with E-state index in [4.69, 9.17) is 4.74 Å². The number of carboxylic acid groups (broad SMARTS) is 1. The molecule has 1 unspecified atom stereocenters. The Bertz CT molecular complexity index is 1710. The van der Waals surface area contributed by atoms with Gasteiger partial charge in [-0.15, -0.1) is 0 Å². The average Bonchev–Trinajstić information content (AvgIpc) is 3.26. The molecule has 0 saturated carbocycles. The molecule has 1 aliphatic carbocycles. The number of carbonyl (C=O) groups excluding carboxylic acids is 1. The van der Waals surface area contributed by atoms with Gasteiger partial charge in [-0.2, -0.15) is 0 Å². The van der Waals surface area contributed by atoms with Gasteiger partial charge in [0, 0.05) is 29.2 Å². The quantitative estimate of drug-likeness (QED) is 0.251. The Kier molecular flexibility index (Phi) is 6.95. The van der Waals surface area contributed by atoms with Crippen LogP contribution in [0.2, 0.25) is 0 Å². The number of amides is 1.